The van der Waals surface area contributed by atoms with Gasteiger partial charge in [-0.2, -0.15) is 0 Å². The minimum atomic E-state index is 0.583. The summed E-state index contributed by atoms with van der Waals surface area (Å²) in [5, 5.41) is 3.42. The average molecular weight is 232 g/mol. The molecule has 0 bridgehead atoms. The Labute approximate surface area is 105 Å². The van der Waals surface area contributed by atoms with Gasteiger partial charge in [-0.05, 0) is 61.9 Å². The van der Waals surface area contributed by atoms with Crippen LogP contribution in [0.1, 0.15) is 36.8 Å². The second-order valence-corrected chi connectivity index (χ2v) is 5.31. The van der Waals surface area contributed by atoms with Gasteiger partial charge in [-0.25, -0.2) is 0 Å². The maximum Gasteiger partial charge on any atom is -0.00431 e. The predicted octanol–water partition coefficient (Wildman–Crippen LogP) is 2.29. The molecular weight excluding hydrogens is 208 g/mol. The third kappa shape index (κ3) is 3.55. The molecule has 0 radical (unpaired) electrons. The predicted molar refractivity (Wildman–Crippen MR) is 73.2 cm³/mol. The van der Waals surface area contributed by atoms with Crippen LogP contribution in [-0.2, 0) is 6.42 Å². The topological polar surface area (TPSA) is 38.0 Å². The number of hydrogen-bond acceptors (Lipinski definition) is 2. The van der Waals surface area contributed by atoms with Crippen LogP contribution in [0.15, 0.2) is 24.3 Å². The fourth-order valence-corrected chi connectivity index (χ4v) is 2.57. The molecule has 1 aromatic rings. The Kier molecular flexibility index (Phi) is 4.57. The summed E-state index contributed by atoms with van der Waals surface area (Å²) >= 11 is 0. The van der Waals surface area contributed by atoms with Crippen molar-refractivity contribution < 1.29 is 0 Å². The van der Waals surface area contributed by atoms with Gasteiger partial charge in [0.1, 0.15) is 0 Å². The number of hydrogen-bond donors (Lipinski definition) is 2. The highest BCUT2D eigenvalue weighted by atomic mass is 14.9. The molecule has 1 saturated heterocycles. The summed E-state index contributed by atoms with van der Waals surface area (Å²) in [5.41, 5.74) is 8.59. The maximum atomic E-state index is 5.66. The van der Waals surface area contributed by atoms with Gasteiger partial charge < -0.3 is 11.1 Å². The van der Waals surface area contributed by atoms with E-state index in [9.17, 15) is 0 Å². The summed E-state index contributed by atoms with van der Waals surface area (Å²) in [4.78, 5) is 0. The van der Waals surface area contributed by atoms with Gasteiger partial charge in [-0.15, -0.1) is 0 Å². The minimum absolute atomic E-state index is 0.583. The second-order valence-electron chi connectivity index (χ2n) is 5.31. The molecule has 1 unspecified atom stereocenters. The molecule has 0 aliphatic carbocycles. The Balaban J connectivity index is 1.97. The highest BCUT2D eigenvalue weighted by molar-refractivity contribution is 5.26. The molecule has 0 amide bonds. The highest BCUT2D eigenvalue weighted by Crippen LogP contribution is 2.25. The lowest BCUT2D eigenvalue weighted by Crippen LogP contribution is -2.26. The zero-order valence-corrected chi connectivity index (χ0v) is 10.8. The normalized spacial score (nSPS) is 19.2. The molecule has 94 valence electrons. The van der Waals surface area contributed by atoms with Crippen molar-refractivity contribution in [2.24, 2.45) is 11.7 Å². The standard InChI is InChI=1S/C15H24N2/c1-12(11-16)10-13-2-4-14(5-3-13)15-6-8-17-9-7-15/h2-5,12,15,17H,6-11,16H2,1H3. The first-order valence-electron chi connectivity index (χ1n) is 6.79. The molecule has 2 nitrogen and oxygen atoms in total. The first-order valence-corrected chi connectivity index (χ1v) is 6.79. The molecule has 1 heterocycles. The molecule has 0 aromatic heterocycles. The molecule has 0 saturated carbocycles. The maximum absolute atomic E-state index is 5.66. The molecule has 3 N–H and O–H groups in total. The smallest absolute Gasteiger partial charge is 0.00431 e. The van der Waals surface area contributed by atoms with Crippen LogP contribution in [0.2, 0.25) is 0 Å². The van der Waals surface area contributed by atoms with Crippen molar-refractivity contribution in [3.8, 4) is 0 Å². The number of rotatable bonds is 4. The molecule has 2 heteroatoms. The molecule has 1 aliphatic rings. The summed E-state index contributed by atoms with van der Waals surface area (Å²) < 4.78 is 0. The first-order chi connectivity index (χ1) is 8.29. The van der Waals surface area contributed by atoms with Crippen LogP contribution < -0.4 is 11.1 Å². The molecule has 2 rings (SSSR count). The largest absolute Gasteiger partial charge is 0.330 e. The van der Waals surface area contributed by atoms with Gasteiger partial charge in [0.05, 0.1) is 0 Å². The lowest BCUT2D eigenvalue weighted by Gasteiger charge is -2.23. The van der Waals surface area contributed by atoms with E-state index in [0.717, 1.165) is 32.0 Å². The van der Waals surface area contributed by atoms with E-state index in [2.05, 4.69) is 36.5 Å². The van der Waals surface area contributed by atoms with Gasteiger partial charge in [0.15, 0.2) is 0 Å². The Morgan fingerprint density at radius 3 is 2.47 bits per heavy atom. The van der Waals surface area contributed by atoms with Crippen molar-refractivity contribution in [3.63, 3.8) is 0 Å². The monoisotopic (exact) mass is 232 g/mol. The Bertz CT molecular complexity index is 325. The van der Waals surface area contributed by atoms with E-state index >= 15 is 0 Å². The third-order valence-corrected chi connectivity index (χ3v) is 3.78. The van der Waals surface area contributed by atoms with Crippen LogP contribution >= 0.6 is 0 Å². The number of piperidine rings is 1. The van der Waals surface area contributed by atoms with Gasteiger partial charge >= 0.3 is 0 Å². The summed E-state index contributed by atoms with van der Waals surface area (Å²) in [6.45, 7) is 5.31. The Morgan fingerprint density at radius 2 is 1.88 bits per heavy atom. The lowest BCUT2D eigenvalue weighted by atomic mass is 9.89. The summed E-state index contributed by atoms with van der Waals surface area (Å²) in [6, 6.07) is 9.19. The number of nitrogens with two attached hydrogens (primary N) is 1. The fraction of sp³-hybridized carbons (Fsp3) is 0.600. The fourth-order valence-electron chi connectivity index (χ4n) is 2.57. The quantitative estimate of drug-likeness (QED) is 0.836. The van der Waals surface area contributed by atoms with E-state index in [1.165, 1.54) is 24.0 Å². The van der Waals surface area contributed by atoms with Crippen LogP contribution in [0, 0.1) is 5.92 Å². The molecule has 0 spiro atoms. The van der Waals surface area contributed by atoms with Gasteiger partial charge in [-0.1, -0.05) is 31.2 Å². The summed E-state index contributed by atoms with van der Waals surface area (Å²) in [7, 11) is 0. The van der Waals surface area contributed by atoms with Crippen molar-refractivity contribution >= 4 is 0 Å². The van der Waals surface area contributed by atoms with Crippen molar-refractivity contribution in [1.82, 2.24) is 5.32 Å². The van der Waals surface area contributed by atoms with E-state index in [1.807, 2.05) is 0 Å². The molecule has 1 atom stereocenters. The van der Waals surface area contributed by atoms with E-state index in [0.29, 0.717) is 5.92 Å². The second kappa shape index (κ2) is 6.18. The number of nitrogens with one attached hydrogen (secondary N) is 1. The average Bonchev–Trinajstić information content (AvgIpc) is 2.40. The van der Waals surface area contributed by atoms with Gasteiger partial charge in [0, 0.05) is 0 Å². The van der Waals surface area contributed by atoms with Crippen LogP contribution in [0.5, 0.6) is 0 Å². The zero-order valence-electron chi connectivity index (χ0n) is 10.8. The van der Waals surface area contributed by atoms with Crippen LogP contribution in [-0.4, -0.2) is 19.6 Å². The first kappa shape index (κ1) is 12.6. The molecule has 1 fully saturated rings. The van der Waals surface area contributed by atoms with Crippen molar-refractivity contribution in [2.45, 2.75) is 32.1 Å². The zero-order chi connectivity index (χ0) is 12.1. The minimum Gasteiger partial charge on any atom is -0.330 e. The van der Waals surface area contributed by atoms with E-state index in [1.54, 1.807) is 0 Å². The van der Waals surface area contributed by atoms with Crippen LogP contribution in [0.4, 0.5) is 0 Å². The van der Waals surface area contributed by atoms with Crippen molar-refractivity contribution in [2.75, 3.05) is 19.6 Å². The molecule has 17 heavy (non-hydrogen) atoms. The molecule has 1 aromatic carbocycles. The van der Waals surface area contributed by atoms with E-state index in [-0.39, 0.29) is 0 Å². The Morgan fingerprint density at radius 1 is 1.24 bits per heavy atom. The molecular formula is C15H24N2. The summed E-state index contributed by atoms with van der Waals surface area (Å²) in [6.07, 6.45) is 3.65. The summed E-state index contributed by atoms with van der Waals surface area (Å²) in [5.74, 6) is 1.34. The van der Waals surface area contributed by atoms with Crippen LogP contribution in [0.25, 0.3) is 0 Å². The van der Waals surface area contributed by atoms with Crippen molar-refractivity contribution in [3.05, 3.63) is 35.4 Å². The number of benzene rings is 1. The van der Waals surface area contributed by atoms with Gasteiger partial charge in [0.25, 0.3) is 0 Å². The van der Waals surface area contributed by atoms with Gasteiger partial charge in [0.2, 0.25) is 0 Å². The van der Waals surface area contributed by atoms with Gasteiger partial charge in [-0.3, -0.25) is 0 Å². The Hall–Kier alpha value is -0.860. The van der Waals surface area contributed by atoms with E-state index < -0.39 is 0 Å². The van der Waals surface area contributed by atoms with Crippen LogP contribution in [0.3, 0.4) is 0 Å². The van der Waals surface area contributed by atoms with E-state index in [4.69, 9.17) is 5.73 Å². The van der Waals surface area contributed by atoms with Crippen molar-refractivity contribution in [1.29, 1.82) is 0 Å². The highest BCUT2D eigenvalue weighted by Gasteiger charge is 2.14. The SMILES string of the molecule is CC(CN)Cc1ccc(C2CCNCC2)cc1. The third-order valence-electron chi connectivity index (χ3n) is 3.78. The lowest BCUT2D eigenvalue weighted by molar-refractivity contribution is 0.460. The molecule has 1 aliphatic heterocycles.